The Kier molecular flexibility index (Phi) is 6.30. The third kappa shape index (κ3) is 5.36. The zero-order valence-corrected chi connectivity index (χ0v) is 16.5. The standard InChI is InChI=1S/C17H23ClN2O3S2/c18-15-3-1-14(2-4-15)11-24-12-17(21)20-8-6-19(7-9-20)16-5-10-25(22,23)13-16/h1-4,16H,5-13H2/p+1/t16-/m0/s1. The van der Waals surface area contributed by atoms with Gasteiger partial charge in [0.2, 0.25) is 5.91 Å². The number of hydrogen-bond donors (Lipinski definition) is 1. The maximum Gasteiger partial charge on any atom is 0.232 e. The normalized spacial score (nSPS) is 23.7. The predicted molar refractivity (Wildman–Crippen MR) is 102 cm³/mol. The summed E-state index contributed by atoms with van der Waals surface area (Å²) in [5.41, 5.74) is 1.17. The minimum absolute atomic E-state index is 0.178. The topological polar surface area (TPSA) is 58.9 Å². The van der Waals surface area contributed by atoms with Crippen molar-refractivity contribution < 1.29 is 18.1 Å². The van der Waals surface area contributed by atoms with Crippen LogP contribution in [0.25, 0.3) is 0 Å². The lowest BCUT2D eigenvalue weighted by Gasteiger charge is -2.35. The molecule has 2 fully saturated rings. The number of carbonyl (C=O) groups excluding carboxylic acids is 1. The number of rotatable bonds is 5. The number of nitrogens with one attached hydrogen (secondary N) is 1. The molecule has 2 heterocycles. The van der Waals surface area contributed by atoms with Crippen LogP contribution < -0.4 is 4.90 Å². The van der Waals surface area contributed by atoms with Crippen LogP contribution in [0.4, 0.5) is 0 Å². The van der Waals surface area contributed by atoms with Gasteiger partial charge in [0.25, 0.3) is 0 Å². The lowest BCUT2D eigenvalue weighted by Crippen LogP contribution is -3.18. The highest BCUT2D eigenvalue weighted by molar-refractivity contribution is 7.99. The minimum Gasteiger partial charge on any atom is -0.331 e. The summed E-state index contributed by atoms with van der Waals surface area (Å²) in [4.78, 5) is 15.6. The number of carbonyl (C=O) groups is 1. The molecular weight excluding hydrogens is 380 g/mol. The molecule has 5 nitrogen and oxygen atoms in total. The van der Waals surface area contributed by atoms with Crippen molar-refractivity contribution in [1.29, 1.82) is 0 Å². The van der Waals surface area contributed by atoms with Gasteiger partial charge in [-0.2, -0.15) is 0 Å². The van der Waals surface area contributed by atoms with Crippen LogP contribution in [-0.4, -0.2) is 68.7 Å². The number of sulfone groups is 1. The first kappa shape index (κ1) is 19.0. The molecule has 1 amide bonds. The van der Waals surface area contributed by atoms with E-state index >= 15 is 0 Å². The van der Waals surface area contributed by atoms with Crippen molar-refractivity contribution in [3.8, 4) is 0 Å². The van der Waals surface area contributed by atoms with Gasteiger partial charge in [0, 0.05) is 17.2 Å². The van der Waals surface area contributed by atoms with Gasteiger partial charge in [0.05, 0.1) is 37.7 Å². The number of hydrogen-bond acceptors (Lipinski definition) is 4. The van der Waals surface area contributed by atoms with Gasteiger partial charge in [-0.05, 0) is 17.7 Å². The van der Waals surface area contributed by atoms with Crippen LogP contribution in [0.3, 0.4) is 0 Å². The first-order valence-corrected chi connectivity index (χ1v) is 11.9. The first-order valence-electron chi connectivity index (χ1n) is 8.58. The summed E-state index contributed by atoms with van der Waals surface area (Å²) in [7, 11) is -2.83. The van der Waals surface area contributed by atoms with Gasteiger partial charge in [-0.1, -0.05) is 23.7 Å². The molecule has 8 heteroatoms. The summed E-state index contributed by atoms with van der Waals surface area (Å²) in [6.45, 7) is 3.17. The summed E-state index contributed by atoms with van der Waals surface area (Å²) in [6.07, 6.45) is 0.766. The second-order valence-electron chi connectivity index (χ2n) is 6.76. The van der Waals surface area contributed by atoms with Crippen LogP contribution >= 0.6 is 23.4 Å². The van der Waals surface area contributed by atoms with Gasteiger partial charge >= 0.3 is 0 Å². The smallest absolute Gasteiger partial charge is 0.232 e. The number of quaternary nitrogens is 1. The SMILES string of the molecule is O=C(CSCc1ccc(Cl)cc1)N1CC[NH+]([C@H]2CCS(=O)(=O)C2)CC1. The number of piperazine rings is 1. The zero-order valence-electron chi connectivity index (χ0n) is 14.1. The van der Waals surface area contributed by atoms with E-state index in [4.69, 9.17) is 11.6 Å². The summed E-state index contributed by atoms with van der Waals surface area (Å²) in [5, 5.41) is 0.722. The maximum absolute atomic E-state index is 12.4. The number of benzene rings is 1. The number of amides is 1. The fraction of sp³-hybridized carbons (Fsp3) is 0.588. The average molecular weight is 404 g/mol. The highest BCUT2D eigenvalue weighted by Crippen LogP contribution is 2.16. The van der Waals surface area contributed by atoms with Crippen molar-refractivity contribution >= 4 is 39.1 Å². The highest BCUT2D eigenvalue weighted by Gasteiger charge is 2.37. The van der Waals surface area contributed by atoms with E-state index in [0.29, 0.717) is 17.3 Å². The van der Waals surface area contributed by atoms with Gasteiger partial charge in [0.15, 0.2) is 9.84 Å². The molecular formula is C17H24ClN2O3S2+. The number of halogens is 1. The molecule has 1 aromatic rings. The highest BCUT2D eigenvalue weighted by atomic mass is 35.5. The summed E-state index contributed by atoms with van der Waals surface area (Å²) in [6, 6.07) is 7.92. The van der Waals surface area contributed by atoms with E-state index in [2.05, 4.69) is 0 Å². The molecule has 2 aliphatic rings. The Morgan fingerprint density at radius 2 is 1.92 bits per heavy atom. The van der Waals surface area contributed by atoms with E-state index in [1.807, 2.05) is 29.2 Å². The van der Waals surface area contributed by atoms with Crippen molar-refractivity contribution in [1.82, 2.24) is 4.90 Å². The average Bonchev–Trinajstić information content (AvgIpc) is 2.97. The second kappa shape index (κ2) is 8.29. The molecule has 3 rings (SSSR count). The van der Waals surface area contributed by atoms with Crippen molar-refractivity contribution in [3.63, 3.8) is 0 Å². The molecule has 25 heavy (non-hydrogen) atoms. The van der Waals surface area contributed by atoms with Crippen LogP contribution in [0.15, 0.2) is 24.3 Å². The van der Waals surface area contributed by atoms with Crippen molar-refractivity contribution in [3.05, 3.63) is 34.9 Å². The molecule has 2 saturated heterocycles. The Balaban J connectivity index is 1.39. The molecule has 1 atom stereocenters. The maximum atomic E-state index is 12.4. The molecule has 0 spiro atoms. The van der Waals surface area contributed by atoms with E-state index < -0.39 is 9.84 Å². The zero-order chi connectivity index (χ0) is 17.9. The second-order valence-corrected chi connectivity index (χ2v) is 10.4. The molecule has 0 unspecified atom stereocenters. The quantitative estimate of drug-likeness (QED) is 0.777. The van der Waals surface area contributed by atoms with Crippen LogP contribution in [0.5, 0.6) is 0 Å². The van der Waals surface area contributed by atoms with Gasteiger partial charge in [-0.15, -0.1) is 11.8 Å². The molecule has 0 aromatic heterocycles. The molecule has 0 radical (unpaired) electrons. The Bertz CT molecular complexity index is 701. The Hall–Kier alpha value is -0.760. The Morgan fingerprint density at radius 3 is 2.52 bits per heavy atom. The van der Waals surface area contributed by atoms with Crippen LogP contribution in [0.2, 0.25) is 5.02 Å². The van der Waals surface area contributed by atoms with E-state index in [0.717, 1.165) is 43.4 Å². The fourth-order valence-electron chi connectivity index (χ4n) is 3.50. The molecule has 0 saturated carbocycles. The van der Waals surface area contributed by atoms with E-state index in [9.17, 15) is 13.2 Å². The Morgan fingerprint density at radius 1 is 1.24 bits per heavy atom. The minimum atomic E-state index is -2.83. The summed E-state index contributed by atoms with van der Waals surface area (Å²) < 4.78 is 23.2. The largest absolute Gasteiger partial charge is 0.331 e. The number of thioether (sulfide) groups is 1. The van der Waals surface area contributed by atoms with Crippen LogP contribution in [0, 0.1) is 0 Å². The third-order valence-electron chi connectivity index (χ3n) is 4.98. The van der Waals surface area contributed by atoms with E-state index in [-0.39, 0.29) is 11.9 Å². The third-order valence-corrected chi connectivity index (χ3v) is 7.98. The summed E-state index contributed by atoms with van der Waals surface area (Å²) >= 11 is 7.49. The van der Waals surface area contributed by atoms with Gasteiger partial charge in [-0.25, -0.2) is 8.42 Å². The molecule has 0 aliphatic carbocycles. The first-order chi connectivity index (χ1) is 11.9. The Labute approximate surface area is 158 Å². The van der Waals surface area contributed by atoms with Gasteiger partial charge in [0.1, 0.15) is 11.8 Å². The lowest BCUT2D eigenvalue weighted by molar-refractivity contribution is -0.925. The fourth-order valence-corrected chi connectivity index (χ4v) is 6.34. The molecule has 2 aliphatic heterocycles. The molecule has 1 aromatic carbocycles. The molecule has 1 N–H and O–H groups in total. The van der Waals surface area contributed by atoms with Crippen LogP contribution in [-0.2, 0) is 20.4 Å². The lowest BCUT2D eigenvalue weighted by atomic mass is 10.2. The van der Waals surface area contributed by atoms with E-state index in [1.54, 1.807) is 11.8 Å². The molecule has 138 valence electrons. The van der Waals surface area contributed by atoms with Crippen molar-refractivity contribution in [2.24, 2.45) is 0 Å². The molecule has 0 bridgehead atoms. The van der Waals surface area contributed by atoms with E-state index in [1.165, 1.54) is 10.5 Å². The monoisotopic (exact) mass is 403 g/mol. The van der Waals surface area contributed by atoms with Crippen molar-refractivity contribution in [2.45, 2.75) is 18.2 Å². The van der Waals surface area contributed by atoms with Gasteiger partial charge in [-0.3, -0.25) is 4.79 Å². The number of nitrogens with zero attached hydrogens (tertiary/aromatic N) is 1. The predicted octanol–water partition coefficient (Wildman–Crippen LogP) is 0.487. The van der Waals surface area contributed by atoms with Gasteiger partial charge < -0.3 is 9.80 Å². The van der Waals surface area contributed by atoms with Crippen molar-refractivity contribution in [2.75, 3.05) is 43.4 Å². The van der Waals surface area contributed by atoms with Crippen LogP contribution in [0.1, 0.15) is 12.0 Å². The summed E-state index contributed by atoms with van der Waals surface area (Å²) in [5.74, 6) is 2.10.